The maximum atomic E-state index is 2.32. The lowest BCUT2D eigenvalue weighted by molar-refractivity contribution is 0.531. The van der Waals surface area contributed by atoms with Gasteiger partial charge in [0.1, 0.15) is 0 Å². The summed E-state index contributed by atoms with van der Waals surface area (Å²) in [7, 11) is 0. The molecule has 0 heterocycles. The van der Waals surface area contributed by atoms with Crippen LogP contribution in [0.5, 0.6) is 0 Å². The zero-order valence-electron chi connectivity index (χ0n) is 15.5. The van der Waals surface area contributed by atoms with Gasteiger partial charge in [-0.3, -0.25) is 0 Å². The molecule has 0 spiro atoms. The Balaban J connectivity index is 2.15. The van der Waals surface area contributed by atoms with Crippen LogP contribution in [0, 0.1) is 0 Å². The molecule has 0 bridgehead atoms. The smallest absolute Gasteiger partial charge is 0.0348 e. The first-order chi connectivity index (χ1) is 11.5. The van der Waals surface area contributed by atoms with Gasteiger partial charge in [0.2, 0.25) is 0 Å². The molecule has 0 aliphatic heterocycles. The zero-order chi connectivity index (χ0) is 16.3. The maximum absolute atomic E-state index is 2.32. The van der Waals surface area contributed by atoms with Crippen molar-refractivity contribution in [3.8, 4) is 0 Å². The van der Waals surface area contributed by atoms with Gasteiger partial charge in [0.15, 0.2) is 0 Å². The van der Waals surface area contributed by atoms with Crippen LogP contribution in [0.3, 0.4) is 0 Å². The third kappa shape index (κ3) is 15.9. The van der Waals surface area contributed by atoms with Gasteiger partial charge in [-0.2, -0.15) is 0 Å². The van der Waals surface area contributed by atoms with E-state index in [9.17, 15) is 0 Å². The van der Waals surface area contributed by atoms with E-state index in [-0.39, 0.29) is 0 Å². The van der Waals surface area contributed by atoms with E-state index in [1.165, 1.54) is 109 Å². The minimum atomic E-state index is 1.24. The molecular formula is C23H40. The first-order valence-electron chi connectivity index (χ1n) is 10.5. The van der Waals surface area contributed by atoms with Crippen LogP contribution in [0.25, 0.3) is 0 Å². The van der Waals surface area contributed by atoms with E-state index in [0.717, 1.165) is 0 Å². The van der Waals surface area contributed by atoms with E-state index in [1.807, 2.05) is 0 Å². The molecule has 0 saturated heterocycles. The number of allylic oxidation sites excluding steroid dienone is 6. The van der Waals surface area contributed by atoms with Crippen molar-refractivity contribution < 1.29 is 0 Å². The quantitative estimate of drug-likeness (QED) is 0.421. The van der Waals surface area contributed by atoms with Gasteiger partial charge in [-0.15, -0.1) is 0 Å². The topological polar surface area (TPSA) is 0 Å². The highest BCUT2D eigenvalue weighted by Crippen LogP contribution is 2.14. The van der Waals surface area contributed by atoms with Gasteiger partial charge in [0.05, 0.1) is 0 Å². The molecule has 0 saturated carbocycles. The van der Waals surface area contributed by atoms with Gasteiger partial charge in [-0.05, 0) is 25.7 Å². The van der Waals surface area contributed by atoms with E-state index in [2.05, 4.69) is 36.5 Å². The summed E-state index contributed by atoms with van der Waals surface area (Å²) >= 11 is 0. The molecule has 132 valence electrons. The molecule has 0 aromatic heterocycles. The second kappa shape index (κ2) is 17.6. The summed E-state index contributed by atoms with van der Waals surface area (Å²) in [4.78, 5) is 0. The van der Waals surface area contributed by atoms with Gasteiger partial charge in [0.25, 0.3) is 0 Å². The van der Waals surface area contributed by atoms with Crippen molar-refractivity contribution in [2.24, 2.45) is 0 Å². The van der Waals surface area contributed by atoms with Crippen LogP contribution in [0.2, 0.25) is 0 Å². The Morgan fingerprint density at radius 2 is 0.522 bits per heavy atom. The molecule has 0 amide bonds. The van der Waals surface area contributed by atoms with Crippen molar-refractivity contribution in [2.45, 2.75) is 109 Å². The van der Waals surface area contributed by atoms with E-state index >= 15 is 0 Å². The van der Waals surface area contributed by atoms with E-state index in [1.54, 1.807) is 0 Å². The predicted molar refractivity (Wildman–Crippen MR) is 106 cm³/mol. The van der Waals surface area contributed by atoms with Crippen molar-refractivity contribution in [2.75, 3.05) is 0 Å². The monoisotopic (exact) mass is 316 g/mol. The van der Waals surface area contributed by atoms with Gasteiger partial charge < -0.3 is 0 Å². The summed E-state index contributed by atoms with van der Waals surface area (Å²) in [6.07, 6.45) is 37.5. The van der Waals surface area contributed by atoms with Crippen LogP contribution < -0.4 is 0 Å². The third-order valence-corrected chi connectivity index (χ3v) is 4.85. The highest BCUT2D eigenvalue weighted by atomic mass is 14.0. The third-order valence-electron chi connectivity index (χ3n) is 4.85. The molecule has 0 heteroatoms. The Labute approximate surface area is 146 Å². The van der Waals surface area contributed by atoms with Crippen LogP contribution in [0.1, 0.15) is 109 Å². The van der Waals surface area contributed by atoms with Crippen LogP contribution in [0.15, 0.2) is 36.5 Å². The molecule has 23 heavy (non-hydrogen) atoms. The Morgan fingerprint density at radius 3 is 0.826 bits per heavy atom. The van der Waals surface area contributed by atoms with Crippen molar-refractivity contribution in [1.82, 2.24) is 0 Å². The Hall–Kier alpha value is -0.780. The van der Waals surface area contributed by atoms with Gasteiger partial charge in [-0.1, -0.05) is 120 Å². The summed E-state index contributed by atoms with van der Waals surface area (Å²) in [6, 6.07) is 0. The molecule has 1 rings (SSSR count). The standard InChI is InChI=1S/C23H40/c1-2-4-6-8-10-12-14-16-18-20-22-23-21-19-17-15-13-11-9-7-5-3-1/h1-6H,7-23H2/b2-1-,5-3-,6-4?. The van der Waals surface area contributed by atoms with Crippen molar-refractivity contribution in [1.29, 1.82) is 0 Å². The highest BCUT2D eigenvalue weighted by Gasteiger charge is 1.94. The lowest BCUT2D eigenvalue weighted by Crippen LogP contribution is -1.83. The van der Waals surface area contributed by atoms with Crippen LogP contribution in [-0.4, -0.2) is 0 Å². The van der Waals surface area contributed by atoms with Crippen molar-refractivity contribution in [3.63, 3.8) is 0 Å². The van der Waals surface area contributed by atoms with Gasteiger partial charge >= 0.3 is 0 Å². The number of rotatable bonds is 0. The zero-order valence-corrected chi connectivity index (χ0v) is 15.5. The lowest BCUT2D eigenvalue weighted by atomic mass is 10.0. The Bertz CT molecular complexity index is 278. The molecule has 0 radical (unpaired) electrons. The molecule has 0 atom stereocenters. The van der Waals surface area contributed by atoms with Gasteiger partial charge in [-0.25, -0.2) is 0 Å². The summed E-state index contributed by atoms with van der Waals surface area (Å²) in [5.41, 5.74) is 0. The maximum Gasteiger partial charge on any atom is -0.0348 e. The molecule has 0 aromatic carbocycles. The summed E-state index contributed by atoms with van der Waals surface area (Å²) in [5, 5.41) is 0. The second-order valence-corrected chi connectivity index (χ2v) is 7.12. The van der Waals surface area contributed by atoms with Crippen LogP contribution in [-0.2, 0) is 0 Å². The van der Waals surface area contributed by atoms with E-state index in [0.29, 0.717) is 0 Å². The first kappa shape index (κ1) is 20.3. The van der Waals surface area contributed by atoms with Crippen molar-refractivity contribution >= 4 is 0 Å². The highest BCUT2D eigenvalue weighted by molar-refractivity contribution is 5.10. The Kier molecular flexibility index (Phi) is 15.5. The number of hydrogen-bond donors (Lipinski definition) is 0. The van der Waals surface area contributed by atoms with E-state index in [4.69, 9.17) is 0 Å². The first-order valence-corrected chi connectivity index (χ1v) is 10.5. The minimum Gasteiger partial charge on any atom is -0.0845 e. The molecule has 0 unspecified atom stereocenters. The molecular weight excluding hydrogens is 276 g/mol. The number of hydrogen-bond acceptors (Lipinski definition) is 0. The fraction of sp³-hybridized carbons (Fsp3) is 0.739. The summed E-state index contributed by atoms with van der Waals surface area (Å²) in [6.45, 7) is 0. The lowest BCUT2D eigenvalue weighted by Gasteiger charge is -2.03. The van der Waals surface area contributed by atoms with Gasteiger partial charge in [0, 0.05) is 0 Å². The fourth-order valence-corrected chi connectivity index (χ4v) is 3.30. The van der Waals surface area contributed by atoms with Crippen LogP contribution in [0.4, 0.5) is 0 Å². The average molecular weight is 317 g/mol. The summed E-state index contributed by atoms with van der Waals surface area (Å²) < 4.78 is 0. The molecule has 0 aromatic rings. The molecule has 1 aliphatic carbocycles. The fourth-order valence-electron chi connectivity index (χ4n) is 3.30. The largest absolute Gasteiger partial charge is 0.0845 e. The molecule has 0 nitrogen and oxygen atoms in total. The molecule has 0 N–H and O–H groups in total. The molecule has 1 aliphatic rings. The second-order valence-electron chi connectivity index (χ2n) is 7.12. The SMILES string of the molecule is C1=CCCCCCCCCCCCCCCCCC/C=C\C=C/1. The minimum absolute atomic E-state index is 1.24. The van der Waals surface area contributed by atoms with Crippen molar-refractivity contribution in [3.05, 3.63) is 36.5 Å². The average Bonchev–Trinajstić information content (AvgIpc) is 2.56. The van der Waals surface area contributed by atoms with Crippen LogP contribution >= 0.6 is 0 Å². The Morgan fingerprint density at radius 1 is 0.261 bits per heavy atom. The predicted octanol–water partition coefficient (Wildman–Crippen LogP) is 8.30. The van der Waals surface area contributed by atoms with E-state index < -0.39 is 0 Å². The summed E-state index contributed by atoms with van der Waals surface area (Å²) in [5.74, 6) is 0. The normalized spacial score (nSPS) is 24.7. The molecule has 0 fully saturated rings.